The lowest BCUT2D eigenvalue weighted by atomic mass is 10.1. The summed E-state index contributed by atoms with van der Waals surface area (Å²) in [5, 5.41) is 3.13. The largest absolute Gasteiger partial charge is 0.573 e. The lowest BCUT2D eigenvalue weighted by Gasteiger charge is -2.24. The molecule has 1 unspecified atom stereocenters. The fraction of sp³-hybridized carbons (Fsp3) is 0.500. The van der Waals surface area contributed by atoms with E-state index in [0.29, 0.717) is 25.1 Å². The molecule has 1 saturated heterocycles. The third-order valence-electron chi connectivity index (χ3n) is 2.65. The van der Waals surface area contributed by atoms with Crippen LogP contribution in [0, 0.1) is 0 Å². The van der Waals surface area contributed by atoms with E-state index >= 15 is 0 Å². The Morgan fingerprint density at radius 3 is 2.78 bits per heavy atom. The summed E-state index contributed by atoms with van der Waals surface area (Å²) in [7, 11) is 0. The first kappa shape index (κ1) is 13.2. The molecule has 6 heteroatoms. The summed E-state index contributed by atoms with van der Waals surface area (Å²) < 4.78 is 46.2. The van der Waals surface area contributed by atoms with Crippen LogP contribution in [0.15, 0.2) is 24.3 Å². The number of halogens is 3. The molecule has 1 heterocycles. The fourth-order valence-corrected chi connectivity index (χ4v) is 1.89. The molecule has 3 nitrogen and oxygen atoms in total. The first-order valence-corrected chi connectivity index (χ1v) is 5.70. The molecule has 0 saturated carbocycles. The molecule has 100 valence electrons. The summed E-state index contributed by atoms with van der Waals surface area (Å²) in [4.78, 5) is 0. The van der Waals surface area contributed by atoms with E-state index in [2.05, 4.69) is 10.1 Å². The van der Waals surface area contributed by atoms with Gasteiger partial charge in [0.2, 0.25) is 0 Å². The van der Waals surface area contributed by atoms with E-state index < -0.39 is 6.36 Å². The SMILES string of the molecule is FC(F)(F)Oc1ccccc1CC1CNCCO1. The second kappa shape index (κ2) is 5.58. The van der Waals surface area contributed by atoms with E-state index in [1.165, 1.54) is 12.1 Å². The molecule has 2 rings (SSSR count). The zero-order chi connectivity index (χ0) is 13.0. The Kier molecular flexibility index (Phi) is 4.08. The van der Waals surface area contributed by atoms with Crippen molar-refractivity contribution in [2.24, 2.45) is 0 Å². The smallest absolute Gasteiger partial charge is 0.406 e. The van der Waals surface area contributed by atoms with E-state index in [9.17, 15) is 13.2 Å². The van der Waals surface area contributed by atoms with Gasteiger partial charge in [-0.3, -0.25) is 0 Å². The van der Waals surface area contributed by atoms with Crippen molar-refractivity contribution in [1.82, 2.24) is 5.32 Å². The predicted molar refractivity (Wildman–Crippen MR) is 59.4 cm³/mol. The average Bonchev–Trinajstić information content (AvgIpc) is 2.31. The molecule has 1 aromatic carbocycles. The Morgan fingerprint density at radius 1 is 1.33 bits per heavy atom. The molecule has 1 aromatic rings. The molecule has 1 fully saturated rings. The summed E-state index contributed by atoms with van der Waals surface area (Å²) in [5.41, 5.74) is 0.503. The van der Waals surface area contributed by atoms with Crippen molar-refractivity contribution < 1.29 is 22.6 Å². The number of hydrogen-bond donors (Lipinski definition) is 1. The zero-order valence-corrected chi connectivity index (χ0v) is 9.67. The van der Waals surface area contributed by atoms with Crippen LogP contribution >= 0.6 is 0 Å². The minimum Gasteiger partial charge on any atom is -0.406 e. The Bertz CT molecular complexity index is 389. The monoisotopic (exact) mass is 261 g/mol. The van der Waals surface area contributed by atoms with Gasteiger partial charge in [0, 0.05) is 19.5 Å². The molecule has 0 aliphatic carbocycles. The molecule has 0 radical (unpaired) electrons. The highest BCUT2D eigenvalue weighted by molar-refractivity contribution is 5.34. The maximum Gasteiger partial charge on any atom is 0.573 e. The van der Waals surface area contributed by atoms with Crippen LogP contribution in [-0.2, 0) is 11.2 Å². The van der Waals surface area contributed by atoms with Crippen molar-refractivity contribution in [2.45, 2.75) is 18.9 Å². The maximum atomic E-state index is 12.2. The van der Waals surface area contributed by atoms with Crippen LogP contribution in [0.5, 0.6) is 5.75 Å². The van der Waals surface area contributed by atoms with Crippen LogP contribution in [0.25, 0.3) is 0 Å². The highest BCUT2D eigenvalue weighted by atomic mass is 19.4. The molecular weight excluding hydrogens is 247 g/mol. The van der Waals surface area contributed by atoms with Crippen molar-refractivity contribution >= 4 is 0 Å². The summed E-state index contributed by atoms with van der Waals surface area (Å²) in [6.45, 7) is 1.99. The average molecular weight is 261 g/mol. The molecule has 0 aromatic heterocycles. The normalized spacial score (nSPS) is 20.7. The number of hydrogen-bond acceptors (Lipinski definition) is 3. The minimum absolute atomic E-state index is 0.114. The highest BCUT2D eigenvalue weighted by Crippen LogP contribution is 2.27. The summed E-state index contributed by atoms with van der Waals surface area (Å²) in [6.07, 6.45) is -4.38. The molecule has 1 N–H and O–H groups in total. The molecular formula is C12H14F3NO2. The Balaban J connectivity index is 2.06. The summed E-state index contributed by atoms with van der Waals surface area (Å²) in [5.74, 6) is -0.154. The van der Waals surface area contributed by atoms with Crippen LogP contribution < -0.4 is 10.1 Å². The van der Waals surface area contributed by atoms with Gasteiger partial charge in [-0.2, -0.15) is 0 Å². The van der Waals surface area contributed by atoms with Gasteiger partial charge in [0.15, 0.2) is 0 Å². The van der Waals surface area contributed by atoms with Gasteiger partial charge in [0.1, 0.15) is 5.75 Å². The number of rotatable bonds is 3. The predicted octanol–water partition coefficient (Wildman–Crippen LogP) is 2.12. The van der Waals surface area contributed by atoms with E-state index in [-0.39, 0.29) is 11.9 Å². The van der Waals surface area contributed by atoms with Gasteiger partial charge in [-0.05, 0) is 11.6 Å². The molecule has 1 aliphatic heterocycles. The fourth-order valence-electron chi connectivity index (χ4n) is 1.89. The number of morpholine rings is 1. The van der Waals surface area contributed by atoms with E-state index in [4.69, 9.17) is 4.74 Å². The van der Waals surface area contributed by atoms with Crippen LogP contribution in [0.4, 0.5) is 13.2 Å². The molecule has 0 bridgehead atoms. The number of benzene rings is 1. The molecule has 1 atom stereocenters. The molecule has 18 heavy (non-hydrogen) atoms. The van der Waals surface area contributed by atoms with Gasteiger partial charge in [0.25, 0.3) is 0 Å². The van der Waals surface area contributed by atoms with Crippen molar-refractivity contribution in [2.75, 3.05) is 19.7 Å². The lowest BCUT2D eigenvalue weighted by Crippen LogP contribution is -2.39. The lowest BCUT2D eigenvalue weighted by molar-refractivity contribution is -0.275. The van der Waals surface area contributed by atoms with E-state index in [0.717, 1.165) is 6.54 Å². The van der Waals surface area contributed by atoms with Gasteiger partial charge >= 0.3 is 6.36 Å². The minimum atomic E-state index is -4.66. The topological polar surface area (TPSA) is 30.5 Å². The van der Waals surface area contributed by atoms with Gasteiger partial charge in [-0.15, -0.1) is 13.2 Å². The van der Waals surface area contributed by atoms with Gasteiger partial charge in [-0.25, -0.2) is 0 Å². The van der Waals surface area contributed by atoms with Crippen LogP contribution in [0.2, 0.25) is 0 Å². The Morgan fingerprint density at radius 2 is 2.11 bits per heavy atom. The van der Waals surface area contributed by atoms with Crippen LogP contribution in [0.3, 0.4) is 0 Å². The third-order valence-corrected chi connectivity index (χ3v) is 2.65. The zero-order valence-electron chi connectivity index (χ0n) is 9.67. The third kappa shape index (κ3) is 3.89. The Hall–Kier alpha value is -1.27. The molecule has 0 spiro atoms. The first-order valence-electron chi connectivity index (χ1n) is 5.70. The van der Waals surface area contributed by atoms with Gasteiger partial charge < -0.3 is 14.8 Å². The van der Waals surface area contributed by atoms with E-state index in [1.807, 2.05) is 0 Å². The van der Waals surface area contributed by atoms with Crippen LogP contribution in [0.1, 0.15) is 5.56 Å². The highest BCUT2D eigenvalue weighted by Gasteiger charge is 2.32. The number of ether oxygens (including phenoxy) is 2. The van der Waals surface area contributed by atoms with Crippen molar-refractivity contribution in [3.63, 3.8) is 0 Å². The number of alkyl halides is 3. The standard InChI is InChI=1S/C12H14F3NO2/c13-12(14,15)18-11-4-2-1-3-9(11)7-10-8-16-5-6-17-10/h1-4,10,16H,5-8H2. The first-order chi connectivity index (χ1) is 8.54. The van der Waals surface area contributed by atoms with Gasteiger partial charge in [0.05, 0.1) is 12.7 Å². The van der Waals surface area contributed by atoms with Crippen LogP contribution in [-0.4, -0.2) is 32.2 Å². The number of nitrogens with one attached hydrogen (secondary N) is 1. The van der Waals surface area contributed by atoms with E-state index in [1.54, 1.807) is 12.1 Å². The maximum absolute atomic E-state index is 12.2. The van der Waals surface area contributed by atoms with Crippen molar-refractivity contribution in [1.29, 1.82) is 0 Å². The molecule has 1 aliphatic rings. The number of para-hydroxylation sites is 1. The molecule has 0 amide bonds. The van der Waals surface area contributed by atoms with Crippen molar-refractivity contribution in [3.05, 3.63) is 29.8 Å². The quantitative estimate of drug-likeness (QED) is 0.904. The van der Waals surface area contributed by atoms with Gasteiger partial charge in [-0.1, -0.05) is 18.2 Å². The second-order valence-corrected chi connectivity index (χ2v) is 4.06. The second-order valence-electron chi connectivity index (χ2n) is 4.06. The van der Waals surface area contributed by atoms with Crippen molar-refractivity contribution in [3.8, 4) is 5.75 Å². The summed E-state index contributed by atoms with van der Waals surface area (Å²) >= 11 is 0. The Labute approximate surface area is 103 Å². The summed E-state index contributed by atoms with van der Waals surface area (Å²) in [6, 6.07) is 6.15.